The monoisotopic (exact) mass is 254 g/mol. The first-order valence-corrected chi connectivity index (χ1v) is 5.67. The number of halogens is 1. The van der Waals surface area contributed by atoms with Crippen molar-refractivity contribution >= 4 is 5.91 Å². The van der Waals surface area contributed by atoms with E-state index in [1.807, 2.05) is 0 Å². The number of nitrogens with two attached hydrogens (primary N) is 1. The van der Waals surface area contributed by atoms with E-state index < -0.39 is 18.8 Å². The highest BCUT2D eigenvalue weighted by atomic mass is 19.1. The van der Waals surface area contributed by atoms with Gasteiger partial charge < -0.3 is 15.4 Å². The van der Waals surface area contributed by atoms with Gasteiger partial charge in [0.15, 0.2) is 0 Å². The quantitative estimate of drug-likeness (QED) is 0.863. The Bertz CT molecular complexity index is 392. The molecule has 0 saturated carbocycles. The zero-order chi connectivity index (χ0) is 13.7. The molecule has 0 fully saturated rings. The molecule has 2 N–H and O–H groups in total. The maximum Gasteiger partial charge on any atom is 0.253 e. The summed E-state index contributed by atoms with van der Waals surface area (Å²) in [5, 5.41) is 0. The van der Waals surface area contributed by atoms with Gasteiger partial charge in [-0.25, -0.2) is 4.39 Å². The first-order valence-electron chi connectivity index (χ1n) is 5.67. The molecule has 0 spiro atoms. The topological polar surface area (TPSA) is 55.6 Å². The smallest absolute Gasteiger partial charge is 0.253 e. The lowest BCUT2D eigenvalue weighted by Gasteiger charge is -2.21. The number of benzene rings is 1. The van der Waals surface area contributed by atoms with E-state index in [9.17, 15) is 9.18 Å². The molecule has 0 radical (unpaired) electrons. The minimum atomic E-state index is -0.703. The fourth-order valence-corrected chi connectivity index (χ4v) is 1.71. The standard InChI is InChI=1S/C13H19FN2O2/c1-16(2)13(17)10-6-4-9(5-7-10)12(18-3)11(15)8-14/h4-7,11-12H,8,15H2,1-3H3/t11-,12-/m1/s1. The van der Waals surface area contributed by atoms with E-state index >= 15 is 0 Å². The summed E-state index contributed by atoms with van der Waals surface area (Å²) in [6.45, 7) is -0.656. The van der Waals surface area contributed by atoms with Gasteiger partial charge in [0.2, 0.25) is 0 Å². The summed E-state index contributed by atoms with van der Waals surface area (Å²) >= 11 is 0. The molecule has 18 heavy (non-hydrogen) atoms. The van der Waals surface area contributed by atoms with E-state index in [1.54, 1.807) is 38.4 Å². The van der Waals surface area contributed by atoms with Crippen molar-refractivity contribution in [2.45, 2.75) is 12.1 Å². The number of ether oxygens (including phenoxy) is 1. The summed E-state index contributed by atoms with van der Waals surface area (Å²) in [5.41, 5.74) is 6.97. The van der Waals surface area contributed by atoms with Gasteiger partial charge in [-0.15, -0.1) is 0 Å². The molecule has 100 valence electrons. The van der Waals surface area contributed by atoms with Crippen LogP contribution in [-0.4, -0.2) is 44.7 Å². The normalized spacial score (nSPS) is 14.1. The number of hydrogen-bond donors (Lipinski definition) is 1. The lowest BCUT2D eigenvalue weighted by atomic mass is 10.0. The largest absolute Gasteiger partial charge is 0.375 e. The van der Waals surface area contributed by atoms with E-state index in [1.165, 1.54) is 12.0 Å². The van der Waals surface area contributed by atoms with Gasteiger partial charge >= 0.3 is 0 Å². The third-order valence-corrected chi connectivity index (χ3v) is 2.71. The second-order valence-corrected chi connectivity index (χ2v) is 4.30. The maximum absolute atomic E-state index is 12.6. The molecule has 0 saturated heterocycles. The number of amides is 1. The van der Waals surface area contributed by atoms with Crippen LogP contribution in [0.2, 0.25) is 0 Å². The first-order chi connectivity index (χ1) is 8.51. The Labute approximate surface area is 107 Å². The van der Waals surface area contributed by atoms with E-state index in [0.717, 1.165) is 5.56 Å². The molecular weight excluding hydrogens is 235 g/mol. The Morgan fingerprint density at radius 1 is 1.39 bits per heavy atom. The second kappa shape index (κ2) is 6.47. The number of hydrogen-bond acceptors (Lipinski definition) is 3. The molecule has 4 nitrogen and oxygen atoms in total. The fourth-order valence-electron chi connectivity index (χ4n) is 1.71. The molecule has 1 rings (SSSR count). The lowest BCUT2D eigenvalue weighted by Crippen LogP contribution is -2.31. The number of nitrogens with zero attached hydrogens (tertiary/aromatic N) is 1. The van der Waals surface area contributed by atoms with E-state index in [2.05, 4.69) is 0 Å². The Balaban J connectivity index is 2.91. The minimum absolute atomic E-state index is 0.0784. The highest BCUT2D eigenvalue weighted by Gasteiger charge is 2.19. The van der Waals surface area contributed by atoms with Crippen molar-refractivity contribution in [2.75, 3.05) is 27.9 Å². The summed E-state index contributed by atoms with van der Waals surface area (Å²) in [4.78, 5) is 13.2. The van der Waals surface area contributed by atoms with Crippen molar-refractivity contribution in [3.63, 3.8) is 0 Å². The van der Waals surface area contributed by atoms with Crippen LogP contribution in [0.25, 0.3) is 0 Å². The average molecular weight is 254 g/mol. The van der Waals surface area contributed by atoms with Gasteiger partial charge in [-0.3, -0.25) is 4.79 Å². The molecule has 0 aromatic heterocycles. The molecule has 0 aliphatic heterocycles. The summed E-state index contributed by atoms with van der Waals surface area (Å²) in [6.07, 6.45) is -0.501. The summed E-state index contributed by atoms with van der Waals surface area (Å²) in [5.74, 6) is -0.0784. The Morgan fingerprint density at radius 2 is 1.94 bits per heavy atom. The second-order valence-electron chi connectivity index (χ2n) is 4.30. The van der Waals surface area contributed by atoms with Gasteiger partial charge in [-0.05, 0) is 17.7 Å². The van der Waals surface area contributed by atoms with Crippen LogP contribution in [0.15, 0.2) is 24.3 Å². The van der Waals surface area contributed by atoms with Crippen LogP contribution in [0.3, 0.4) is 0 Å². The highest BCUT2D eigenvalue weighted by molar-refractivity contribution is 5.93. The van der Waals surface area contributed by atoms with E-state index in [4.69, 9.17) is 10.5 Å². The molecule has 0 unspecified atom stereocenters. The number of carbonyl (C=O) groups is 1. The first kappa shape index (κ1) is 14.6. The summed E-state index contributed by atoms with van der Waals surface area (Å²) in [7, 11) is 4.86. The molecule has 0 heterocycles. The predicted molar refractivity (Wildman–Crippen MR) is 68.2 cm³/mol. The van der Waals surface area contributed by atoms with Crippen LogP contribution < -0.4 is 5.73 Å². The SMILES string of the molecule is CO[C@H](c1ccc(C(=O)N(C)C)cc1)[C@H](N)CF. The summed E-state index contributed by atoms with van der Waals surface area (Å²) in [6, 6.07) is 6.15. The highest BCUT2D eigenvalue weighted by Crippen LogP contribution is 2.20. The van der Waals surface area contributed by atoms with Gasteiger partial charge in [0, 0.05) is 26.8 Å². The van der Waals surface area contributed by atoms with Crippen LogP contribution in [0.5, 0.6) is 0 Å². The van der Waals surface area contributed by atoms with Gasteiger partial charge in [-0.2, -0.15) is 0 Å². The summed E-state index contributed by atoms with van der Waals surface area (Å²) < 4.78 is 17.7. The fraction of sp³-hybridized carbons (Fsp3) is 0.462. The third-order valence-electron chi connectivity index (χ3n) is 2.71. The van der Waals surface area contributed by atoms with Crippen molar-refractivity contribution in [2.24, 2.45) is 5.73 Å². The van der Waals surface area contributed by atoms with Crippen LogP contribution in [0, 0.1) is 0 Å². The Kier molecular flexibility index (Phi) is 5.25. The van der Waals surface area contributed by atoms with Crippen molar-refractivity contribution in [1.29, 1.82) is 0 Å². The van der Waals surface area contributed by atoms with E-state index in [-0.39, 0.29) is 5.91 Å². The number of alkyl halides is 1. The molecule has 1 aromatic carbocycles. The third kappa shape index (κ3) is 3.27. The Hall–Kier alpha value is -1.46. The molecule has 5 heteroatoms. The van der Waals surface area contributed by atoms with Crippen LogP contribution in [0.4, 0.5) is 4.39 Å². The van der Waals surface area contributed by atoms with Gasteiger partial charge in [0.1, 0.15) is 6.67 Å². The Morgan fingerprint density at radius 3 is 2.33 bits per heavy atom. The van der Waals surface area contributed by atoms with Gasteiger partial charge in [-0.1, -0.05) is 12.1 Å². The molecule has 0 aliphatic carbocycles. The van der Waals surface area contributed by atoms with Crippen molar-refractivity contribution in [3.8, 4) is 0 Å². The lowest BCUT2D eigenvalue weighted by molar-refractivity contribution is 0.0719. The molecule has 2 atom stereocenters. The maximum atomic E-state index is 12.6. The molecule has 1 amide bonds. The molecule has 1 aromatic rings. The zero-order valence-electron chi connectivity index (χ0n) is 10.9. The van der Waals surface area contributed by atoms with Crippen molar-refractivity contribution in [1.82, 2.24) is 4.90 Å². The number of carbonyl (C=O) groups excluding carboxylic acids is 1. The minimum Gasteiger partial charge on any atom is -0.375 e. The van der Waals surface area contributed by atoms with Crippen LogP contribution in [0.1, 0.15) is 22.0 Å². The number of methoxy groups -OCH3 is 1. The molecule has 0 bridgehead atoms. The van der Waals surface area contributed by atoms with Crippen LogP contribution >= 0.6 is 0 Å². The van der Waals surface area contributed by atoms with Crippen molar-refractivity contribution in [3.05, 3.63) is 35.4 Å². The van der Waals surface area contributed by atoms with Crippen molar-refractivity contribution < 1.29 is 13.9 Å². The van der Waals surface area contributed by atoms with Gasteiger partial charge in [0.05, 0.1) is 12.1 Å². The molecular formula is C13H19FN2O2. The zero-order valence-corrected chi connectivity index (χ0v) is 10.9. The predicted octanol–water partition coefficient (Wildman–Crippen LogP) is 1.37. The average Bonchev–Trinajstić information content (AvgIpc) is 2.39. The number of rotatable bonds is 5. The molecule has 0 aliphatic rings. The van der Waals surface area contributed by atoms with Crippen LogP contribution in [-0.2, 0) is 4.74 Å². The van der Waals surface area contributed by atoms with Gasteiger partial charge in [0.25, 0.3) is 5.91 Å². The van der Waals surface area contributed by atoms with E-state index in [0.29, 0.717) is 5.56 Å².